The Morgan fingerprint density at radius 1 is 1.03 bits per heavy atom. The summed E-state index contributed by atoms with van der Waals surface area (Å²) >= 11 is 0. The molecule has 0 radical (unpaired) electrons. The zero-order chi connectivity index (χ0) is 20.4. The highest BCUT2D eigenvalue weighted by Gasteiger charge is 2.36. The van der Waals surface area contributed by atoms with E-state index in [1.54, 1.807) is 37.3 Å². The molecule has 1 aliphatic rings. The number of carbonyl (C=O) groups excluding carboxylic acids is 2. The number of carbonyl (C=O) groups is 2. The summed E-state index contributed by atoms with van der Waals surface area (Å²) in [6.45, 7) is 0.291. The molecule has 29 heavy (non-hydrogen) atoms. The molecule has 1 aliphatic heterocycles. The predicted octanol–water partition coefficient (Wildman–Crippen LogP) is 3.85. The van der Waals surface area contributed by atoms with Crippen LogP contribution < -0.4 is 19.7 Å². The number of fused-ring (bicyclic) bond motifs is 1. The average molecular weight is 390 g/mol. The molecule has 2 amide bonds. The fourth-order valence-corrected chi connectivity index (χ4v) is 3.69. The van der Waals surface area contributed by atoms with Gasteiger partial charge >= 0.3 is 0 Å². The number of nitrogens with one attached hydrogen (secondary N) is 1. The van der Waals surface area contributed by atoms with Gasteiger partial charge in [0.1, 0.15) is 11.5 Å². The Bertz CT molecular complexity index is 1070. The van der Waals surface area contributed by atoms with Crippen LogP contribution in [-0.4, -0.2) is 32.6 Å². The van der Waals surface area contributed by atoms with Gasteiger partial charge in [0.25, 0.3) is 0 Å². The normalized spacial score (nSPS) is 16.1. The third kappa shape index (κ3) is 3.61. The summed E-state index contributed by atoms with van der Waals surface area (Å²) in [5, 5.41) is 5.02. The highest BCUT2D eigenvalue weighted by molar-refractivity contribution is 6.07. The second-order valence-corrected chi connectivity index (χ2v) is 6.96. The zero-order valence-electron chi connectivity index (χ0n) is 16.3. The van der Waals surface area contributed by atoms with Gasteiger partial charge in [-0.25, -0.2) is 0 Å². The molecule has 1 heterocycles. The molecule has 1 saturated heterocycles. The fourth-order valence-electron chi connectivity index (χ4n) is 3.69. The summed E-state index contributed by atoms with van der Waals surface area (Å²) in [7, 11) is 3.12. The molecule has 1 atom stereocenters. The third-order valence-electron chi connectivity index (χ3n) is 5.22. The summed E-state index contributed by atoms with van der Waals surface area (Å²) in [5.74, 6) is 0.456. The van der Waals surface area contributed by atoms with Crippen LogP contribution in [0.1, 0.15) is 6.42 Å². The Labute approximate surface area is 169 Å². The topological polar surface area (TPSA) is 67.9 Å². The summed E-state index contributed by atoms with van der Waals surface area (Å²) in [6.07, 6.45) is 0.150. The van der Waals surface area contributed by atoms with E-state index < -0.39 is 5.92 Å². The lowest BCUT2D eigenvalue weighted by atomic mass is 10.1. The summed E-state index contributed by atoms with van der Waals surface area (Å²) < 4.78 is 10.7. The monoisotopic (exact) mass is 390 g/mol. The van der Waals surface area contributed by atoms with E-state index in [0.717, 1.165) is 16.5 Å². The molecule has 4 rings (SSSR count). The fraction of sp³-hybridized carbons (Fsp3) is 0.217. The summed E-state index contributed by atoms with van der Waals surface area (Å²) in [4.78, 5) is 27.2. The average Bonchev–Trinajstić information content (AvgIpc) is 3.15. The van der Waals surface area contributed by atoms with E-state index in [-0.39, 0.29) is 18.2 Å². The van der Waals surface area contributed by atoms with Crippen LogP contribution in [0.25, 0.3) is 10.8 Å². The summed E-state index contributed by atoms with van der Waals surface area (Å²) in [5.41, 5.74) is 1.36. The van der Waals surface area contributed by atoms with Gasteiger partial charge in [-0.05, 0) is 23.6 Å². The summed E-state index contributed by atoms with van der Waals surface area (Å²) in [6, 6.07) is 18.9. The molecule has 1 N–H and O–H groups in total. The van der Waals surface area contributed by atoms with Crippen molar-refractivity contribution in [3.8, 4) is 11.5 Å². The number of rotatable bonds is 5. The number of hydrogen-bond donors (Lipinski definition) is 1. The quantitative estimate of drug-likeness (QED) is 0.719. The third-order valence-corrected chi connectivity index (χ3v) is 5.22. The molecule has 0 aromatic heterocycles. The van der Waals surface area contributed by atoms with Crippen molar-refractivity contribution in [2.24, 2.45) is 5.92 Å². The van der Waals surface area contributed by atoms with E-state index in [4.69, 9.17) is 9.47 Å². The van der Waals surface area contributed by atoms with Crippen molar-refractivity contribution in [2.45, 2.75) is 6.42 Å². The maximum atomic E-state index is 12.9. The van der Waals surface area contributed by atoms with Crippen molar-refractivity contribution in [1.82, 2.24) is 0 Å². The molecule has 3 aromatic rings. The van der Waals surface area contributed by atoms with Crippen molar-refractivity contribution < 1.29 is 19.1 Å². The van der Waals surface area contributed by atoms with Gasteiger partial charge in [-0.15, -0.1) is 0 Å². The molecule has 0 bridgehead atoms. The van der Waals surface area contributed by atoms with Gasteiger partial charge in [-0.2, -0.15) is 0 Å². The first-order valence-electron chi connectivity index (χ1n) is 9.41. The number of nitrogens with zero attached hydrogens (tertiary/aromatic N) is 1. The van der Waals surface area contributed by atoms with Crippen molar-refractivity contribution in [2.75, 3.05) is 31.0 Å². The maximum Gasteiger partial charge on any atom is 0.229 e. The SMILES string of the molecule is COc1ccc(OC)c(N2CC(C(=O)Nc3cccc4ccccc34)CC2=O)c1. The van der Waals surface area contributed by atoms with E-state index in [1.807, 2.05) is 42.5 Å². The highest BCUT2D eigenvalue weighted by Crippen LogP contribution is 2.36. The number of ether oxygens (including phenoxy) is 2. The molecular formula is C23H22N2O4. The Kier molecular flexibility index (Phi) is 5.08. The molecule has 6 nitrogen and oxygen atoms in total. The van der Waals surface area contributed by atoms with Gasteiger partial charge in [0.05, 0.1) is 25.8 Å². The number of hydrogen-bond acceptors (Lipinski definition) is 4. The van der Waals surface area contributed by atoms with Crippen molar-refractivity contribution in [3.63, 3.8) is 0 Å². The Hall–Kier alpha value is -3.54. The van der Waals surface area contributed by atoms with Crippen LogP contribution in [0.2, 0.25) is 0 Å². The minimum absolute atomic E-state index is 0.116. The lowest BCUT2D eigenvalue weighted by molar-refractivity contribution is -0.122. The largest absolute Gasteiger partial charge is 0.497 e. The van der Waals surface area contributed by atoms with Gasteiger partial charge in [0, 0.05) is 30.1 Å². The van der Waals surface area contributed by atoms with Crippen LogP contribution in [0, 0.1) is 5.92 Å². The minimum atomic E-state index is -0.447. The van der Waals surface area contributed by atoms with Crippen LogP contribution in [-0.2, 0) is 9.59 Å². The molecular weight excluding hydrogens is 368 g/mol. The molecule has 3 aromatic carbocycles. The number of amides is 2. The molecule has 1 fully saturated rings. The first-order chi connectivity index (χ1) is 14.1. The second-order valence-electron chi connectivity index (χ2n) is 6.96. The van der Waals surface area contributed by atoms with Crippen LogP contribution in [0.5, 0.6) is 11.5 Å². The zero-order valence-corrected chi connectivity index (χ0v) is 16.3. The van der Waals surface area contributed by atoms with Crippen LogP contribution >= 0.6 is 0 Å². The van der Waals surface area contributed by atoms with E-state index in [0.29, 0.717) is 23.7 Å². The molecule has 0 spiro atoms. The molecule has 148 valence electrons. The van der Waals surface area contributed by atoms with Crippen molar-refractivity contribution in [1.29, 1.82) is 0 Å². The highest BCUT2D eigenvalue weighted by atomic mass is 16.5. The van der Waals surface area contributed by atoms with Crippen LogP contribution in [0.3, 0.4) is 0 Å². The first kappa shape index (κ1) is 18.8. The predicted molar refractivity (Wildman–Crippen MR) is 113 cm³/mol. The Balaban J connectivity index is 1.56. The molecule has 1 unspecified atom stereocenters. The van der Waals surface area contributed by atoms with Gasteiger partial charge in [0.2, 0.25) is 11.8 Å². The van der Waals surface area contributed by atoms with Crippen LogP contribution in [0.4, 0.5) is 11.4 Å². The van der Waals surface area contributed by atoms with E-state index in [9.17, 15) is 9.59 Å². The smallest absolute Gasteiger partial charge is 0.229 e. The molecule has 0 saturated carbocycles. The van der Waals surface area contributed by atoms with Crippen molar-refractivity contribution in [3.05, 3.63) is 60.7 Å². The maximum absolute atomic E-state index is 12.9. The van der Waals surface area contributed by atoms with E-state index in [2.05, 4.69) is 5.32 Å². The number of anilines is 2. The van der Waals surface area contributed by atoms with Gasteiger partial charge in [-0.3, -0.25) is 9.59 Å². The lowest BCUT2D eigenvalue weighted by Crippen LogP contribution is -2.28. The van der Waals surface area contributed by atoms with Gasteiger partial charge < -0.3 is 19.7 Å². The molecule has 6 heteroatoms. The van der Waals surface area contributed by atoms with Gasteiger partial charge in [0.15, 0.2) is 0 Å². The molecule has 0 aliphatic carbocycles. The Morgan fingerprint density at radius 3 is 2.62 bits per heavy atom. The Morgan fingerprint density at radius 2 is 1.83 bits per heavy atom. The van der Waals surface area contributed by atoms with E-state index >= 15 is 0 Å². The lowest BCUT2D eigenvalue weighted by Gasteiger charge is -2.20. The second kappa shape index (κ2) is 7.83. The van der Waals surface area contributed by atoms with Crippen LogP contribution in [0.15, 0.2) is 60.7 Å². The first-order valence-corrected chi connectivity index (χ1v) is 9.41. The standard InChI is InChI=1S/C23H22N2O4/c1-28-17-10-11-21(29-2)20(13-17)25-14-16(12-22(25)26)23(27)24-19-9-5-7-15-6-3-4-8-18(15)19/h3-11,13,16H,12,14H2,1-2H3,(H,24,27). The number of methoxy groups -OCH3 is 2. The van der Waals surface area contributed by atoms with E-state index in [1.165, 1.54) is 0 Å². The minimum Gasteiger partial charge on any atom is -0.497 e. The number of benzene rings is 3. The van der Waals surface area contributed by atoms with Crippen molar-refractivity contribution >= 4 is 34.0 Å². The van der Waals surface area contributed by atoms with Gasteiger partial charge in [-0.1, -0.05) is 36.4 Å².